The average molecular weight is 366 g/mol. The van der Waals surface area contributed by atoms with Gasteiger partial charge in [0.15, 0.2) is 0 Å². The van der Waals surface area contributed by atoms with Crippen molar-refractivity contribution in [3.63, 3.8) is 0 Å². The summed E-state index contributed by atoms with van der Waals surface area (Å²) in [5.41, 5.74) is 6.14. The van der Waals surface area contributed by atoms with E-state index in [1.54, 1.807) is 19.2 Å². The number of hydrogen-bond donors (Lipinski definition) is 1. The molecule has 2 N–H and O–H groups in total. The van der Waals surface area contributed by atoms with Crippen molar-refractivity contribution in [2.24, 2.45) is 5.84 Å². The fraction of sp³-hybridized carbons (Fsp3) is 0.286. The number of ether oxygens (including phenoxy) is 2. The predicted molar refractivity (Wildman–Crippen MR) is 108 cm³/mol. The minimum absolute atomic E-state index is 0.362. The van der Waals surface area contributed by atoms with Gasteiger partial charge in [0.25, 0.3) is 0 Å². The van der Waals surface area contributed by atoms with Gasteiger partial charge in [-0.05, 0) is 62.2 Å². The number of aryl methyl sites for hydroxylation is 2. The van der Waals surface area contributed by atoms with E-state index in [0.717, 1.165) is 39.7 Å². The number of anilines is 1. The van der Waals surface area contributed by atoms with Crippen molar-refractivity contribution in [2.75, 3.05) is 19.2 Å². The quantitative estimate of drug-likeness (QED) is 0.532. The van der Waals surface area contributed by atoms with Crippen LogP contribution in [0, 0.1) is 20.8 Å². The van der Waals surface area contributed by atoms with Gasteiger partial charge in [-0.15, -0.1) is 0 Å². The largest absolute Gasteiger partial charge is 0.496 e. The number of hydrazine groups is 1. The van der Waals surface area contributed by atoms with Gasteiger partial charge in [-0.25, -0.2) is 10.5 Å². The maximum atomic E-state index is 6.09. The minimum Gasteiger partial charge on any atom is -0.496 e. The van der Waals surface area contributed by atoms with E-state index < -0.39 is 0 Å². The van der Waals surface area contributed by atoms with E-state index in [9.17, 15) is 0 Å². The number of benzene rings is 2. The van der Waals surface area contributed by atoms with E-state index in [1.165, 1.54) is 5.56 Å². The lowest BCUT2D eigenvalue weighted by Gasteiger charge is -2.20. The number of rotatable bonds is 6. The highest BCUT2D eigenvalue weighted by Crippen LogP contribution is 2.30. The number of methoxy groups -OCH3 is 1. The predicted octanol–water partition coefficient (Wildman–Crippen LogP) is 3.70. The summed E-state index contributed by atoms with van der Waals surface area (Å²) in [5, 5.41) is 6.01. The van der Waals surface area contributed by atoms with Crippen molar-refractivity contribution in [3.8, 4) is 17.2 Å². The number of aromatic nitrogens is 2. The molecule has 0 unspecified atom stereocenters. The first kappa shape index (κ1) is 18.8. The molecule has 0 aliphatic carbocycles. The van der Waals surface area contributed by atoms with Crippen molar-refractivity contribution in [1.29, 1.82) is 0 Å². The highest BCUT2D eigenvalue weighted by Gasteiger charge is 2.13. The molecule has 1 aromatic heterocycles. The van der Waals surface area contributed by atoms with Gasteiger partial charge in [-0.2, -0.15) is 5.10 Å². The highest BCUT2D eigenvalue weighted by atomic mass is 16.5. The lowest BCUT2D eigenvalue weighted by atomic mass is 10.1. The second-order valence-corrected chi connectivity index (χ2v) is 6.63. The van der Waals surface area contributed by atoms with Gasteiger partial charge in [0.1, 0.15) is 18.1 Å². The molecular formula is C21H26N4O2. The van der Waals surface area contributed by atoms with Crippen LogP contribution in [0.25, 0.3) is 5.69 Å². The van der Waals surface area contributed by atoms with Crippen LogP contribution in [-0.4, -0.2) is 23.9 Å². The van der Waals surface area contributed by atoms with Crippen LogP contribution in [0.4, 0.5) is 5.69 Å². The molecule has 6 nitrogen and oxygen atoms in total. The topological polar surface area (TPSA) is 65.5 Å². The van der Waals surface area contributed by atoms with Crippen LogP contribution in [-0.2, 0) is 6.61 Å². The van der Waals surface area contributed by atoms with Gasteiger partial charge >= 0.3 is 0 Å². The maximum absolute atomic E-state index is 6.09. The Balaban J connectivity index is 1.85. The fourth-order valence-corrected chi connectivity index (χ4v) is 3.05. The molecule has 6 heteroatoms. The molecule has 0 saturated heterocycles. The Hall–Kier alpha value is -2.99. The molecule has 1 heterocycles. The van der Waals surface area contributed by atoms with Gasteiger partial charge in [0, 0.05) is 12.7 Å². The van der Waals surface area contributed by atoms with Gasteiger partial charge in [-0.1, -0.05) is 6.07 Å². The van der Waals surface area contributed by atoms with Crippen molar-refractivity contribution >= 4 is 5.69 Å². The number of hydrogen-bond acceptors (Lipinski definition) is 5. The number of nitrogens with two attached hydrogens (primary N) is 1. The van der Waals surface area contributed by atoms with Crippen molar-refractivity contribution in [3.05, 3.63) is 65.0 Å². The molecule has 0 bridgehead atoms. The smallest absolute Gasteiger partial charge is 0.127 e. The Labute approximate surface area is 160 Å². The molecule has 0 aliphatic rings. The second-order valence-electron chi connectivity index (χ2n) is 6.63. The molecule has 142 valence electrons. The van der Waals surface area contributed by atoms with E-state index in [-0.39, 0.29) is 0 Å². The van der Waals surface area contributed by atoms with E-state index in [2.05, 4.69) is 25.0 Å². The standard InChI is InChI=1S/C21H26N4O2/c1-14-11-17(25-16(3)15(2)12-23-25)9-10-20(14)27-13-18-19(24(4)22)7-6-8-21(18)26-5/h6-12H,13,22H2,1-5H3. The molecule has 3 rings (SSSR count). The fourth-order valence-electron chi connectivity index (χ4n) is 3.05. The summed E-state index contributed by atoms with van der Waals surface area (Å²) in [5.74, 6) is 7.52. The van der Waals surface area contributed by atoms with Crippen LogP contribution in [0.3, 0.4) is 0 Å². The molecule has 2 aromatic carbocycles. The lowest BCUT2D eigenvalue weighted by Crippen LogP contribution is -2.26. The van der Waals surface area contributed by atoms with Gasteiger partial charge in [-0.3, -0.25) is 0 Å². The molecule has 0 radical (unpaired) electrons. The SMILES string of the molecule is COc1cccc(N(C)N)c1COc1ccc(-n2ncc(C)c2C)cc1C. The molecular weight excluding hydrogens is 340 g/mol. The van der Waals surface area contributed by atoms with Crippen LogP contribution in [0.1, 0.15) is 22.4 Å². The molecule has 0 atom stereocenters. The minimum atomic E-state index is 0.362. The Morgan fingerprint density at radius 2 is 1.85 bits per heavy atom. The maximum Gasteiger partial charge on any atom is 0.127 e. The summed E-state index contributed by atoms with van der Waals surface area (Å²) in [4.78, 5) is 0. The zero-order chi connectivity index (χ0) is 19.6. The Morgan fingerprint density at radius 3 is 2.44 bits per heavy atom. The molecule has 0 fully saturated rings. The van der Waals surface area contributed by atoms with E-state index in [0.29, 0.717) is 6.61 Å². The van der Waals surface area contributed by atoms with Crippen LogP contribution in [0.2, 0.25) is 0 Å². The van der Waals surface area contributed by atoms with Crippen LogP contribution < -0.4 is 20.3 Å². The third kappa shape index (κ3) is 3.75. The monoisotopic (exact) mass is 366 g/mol. The first-order chi connectivity index (χ1) is 12.9. The Morgan fingerprint density at radius 1 is 1.07 bits per heavy atom. The van der Waals surface area contributed by atoms with Crippen molar-refractivity contribution in [2.45, 2.75) is 27.4 Å². The Kier molecular flexibility index (Phi) is 5.37. The second kappa shape index (κ2) is 7.72. The Bertz CT molecular complexity index is 947. The number of nitrogens with zero attached hydrogens (tertiary/aromatic N) is 3. The van der Waals surface area contributed by atoms with E-state index >= 15 is 0 Å². The van der Waals surface area contributed by atoms with E-state index in [1.807, 2.05) is 48.1 Å². The van der Waals surface area contributed by atoms with Gasteiger partial charge < -0.3 is 14.5 Å². The third-order valence-corrected chi connectivity index (χ3v) is 4.74. The molecule has 0 spiro atoms. The van der Waals surface area contributed by atoms with Crippen molar-refractivity contribution < 1.29 is 9.47 Å². The lowest BCUT2D eigenvalue weighted by molar-refractivity contribution is 0.295. The first-order valence-corrected chi connectivity index (χ1v) is 8.81. The normalized spacial score (nSPS) is 10.7. The van der Waals surface area contributed by atoms with E-state index in [4.69, 9.17) is 15.3 Å². The van der Waals surface area contributed by atoms with Crippen LogP contribution in [0.15, 0.2) is 42.6 Å². The summed E-state index contributed by atoms with van der Waals surface area (Å²) in [6.45, 7) is 6.51. The average Bonchev–Trinajstić information content (AvgIpc) is 2.99. The zero-order valence-corrected chi connectivity index (χ0v) is 16.5. The summed E-state index contributed by atoms with van der Waals surface area (Å²) in [7, 11) is 3.44. The zero-order valence-electron chi connectivity index (χ0n) is 16.5. The van der Waals surface area contributed by atoms with Crippen molar-refractivity contribution in [1.82, 2.24) is 9.78 Å². The summed E-state index contributed by atoms with van der Waals surface area (Å²) < 4.78 is 13.5. The van der Waals surface area contributed by atoms with Gasteiger partial charge in [0.05, 0.1) is 30.2 Å². The van der Waals surface area contributed by atoms with Crippen LogP contribution in [0.5, 0.6) is 11.5 Å². The van der Waals surface area contributed by atoms with Crippen LogP contribution >= 0.6 is 0 Å². The summed E-state index contributed by atoms with van der Waals surface area (Å²) in [6, 6.07) is 11.8. The molecule has 27 heavy (non-hydrogen) atoms. The first-order valence-electron chi connectivity index (χ1n) is 8.81. The molecule has 0 saturated carbocycles. The molecule has 0 aliphatic heterocycles. The molecule has 0 amide bonds. The summed E-state index contributed by atoms with van der Waals surface area (Å²) in [6.07, 6.45) is 1.88. The molecule has 3 aromatic rings. The van der Waals surface area contributed by atoms with Gasteiger partial charge in [0.2, 0.25) is 0 Å². The summed E-state index contributed by atoms with van der Waals surface area (Å²) >= 11 is 0. The highest BCUT2D eigenvalue weighted by molar-refractivity contribution is 5.58. The third-order valence-electron chi connectivity index (χ3n) is 4.74.